The number of hydrogen-bond donors (Lipinski definition) is 4. The van der Waals surface area contributed by atoms with Gasteiger partial charge in [0.05, 0.1) is 0 Å². The van der Waals surface area contributed by atoms with Crippen LogP contribution in [0.3, 0.4) is 0 Å². The molecule has 4 rings (SSSR count). The topological polar surface area (TPSA) is 134 Å². The van der Waals surface area contributed by atoms with Crippen LogP contribution in [0.4, 0.5) is 10.5 Å². The molecule has 1 fully saturated rings. The van der Waals surface area contributed by atoms with Crippen molar-refractivity contribution in [2.45, 2.75) is 44.8 Å². The normalized spacial score (nSPS) is 17.4. The van der Waals surface area contributed by atoms with Crippen LogP contribution in [0.25, 0.3) is 0 Å². The highest BCUT2D eigenvalue weighted by molar-refractivity contribution is 6.31. The summed E-state index contributed by atoms with van der Waals surface area (Å²) < 4.78 is 0. The van der Waals surface area contributed by atoms with Crippen LogP contribution in [0.2, 0.25) is 5.02 Å². The predicted molar refractivity (Wildman–Crippen MR) is 127 cm³/mol. The van der Waals surface area contributed by atoms with E-state index in [-0.39, 0.29) is 37.4 Å². The fourth-order valence-corrected chi connectivity index (χ4v) is 4.53. The van der Waals surface area contributed by atoms with Crippen molar-refractivity contribution in [3.63, 3.8) is 0 Å². The highest BCUT2D eigenvalue weighted by Crippen LogP contribution is 2.28. The minimum Gasteiger partial charge on any atom is -0.334 e. The second-order valence-electron chi connectivity index (χ2n) is 8.44. The largest absolute Gasteiger partial charge is 0.334 e. The van der Waals surface area contributed by atoms with Gasteiger partial charge in [-0.3, -0.25) is 19.7 Å². The van der Waals surface area contributed by atoms with Crippen molar-refractivity contribution in [2.24, 2.45) is 5.73 Å². The van der Waals surface area contributed by atoms with E-state index >= 15 is 0 Å². The summed E-state index contributed by atoms with van der Waals surface area (Å²) in [6, 6.07) is 9.69. The van der Waals surface area contributed by atoms with Gasteiger partial charge in [0, 0.05) is 35.8 Å². The number of halogens is 1. The molecule has 178 valence electrons. The molecule has 1 unspecified atom stereocenters. The van der Waals surface area contributed by atoms with Crippen LogP contribution in [-0.4, -0.2) is 41.2 Å². The molecule has 0 aromatic heterocycles. The average Bonchev–Trinajstić information content (AvgIpc) is 3.11. The Labute approximate surface area is 202 Å². The first-order valence-corrected chi connectivity index (χ1v) is 11.5. The van der Waals surface area contributed by atoms with Crippen LogP contribution in [0, 0.1) is 0 Å². The monoisotopic (exact) mass is 483 g/mol. The van der Waals surface area contributed by atoms with Gasteiger partial charge in [-0.25, -0.2) is 4.79 Å². The Hall–Kier alpha value is -3.43. The number of urea groups is 1. The molecule has 0 radical (unpaired) electrons. The average molecular weight is 484 g/mol. The number of benzene rings is 2. The SMILES string of the molecule is NCCCc1cc(Cl)cc(NC(=O)NCc2ccc3c(c2)CN(C2CCC(=O)NC2=O)C3=O)c1. The van der Waals surface area contributed by atoms with Crippen molar-refractivity contribution in [3.8, 4) is 0 Å². The zero-order valence-electron chi connectivity index (χ0n) is 18.5. The molecule has 9 nitrogen and oxygen atoms in total. The van der Waals surface area contributed by atoms with Gasteiger partial charge in [0.1, 0.15) is 6.04 Å². The van der Waals surface area contributed by atoms with Crippen molar-refractivity contribution < 1.29 is 19.2 Å². The quantitative estimate of drug-likeness (QED) is 0.448. The molecule has 1 atom stereocenters. The number of nitrogens with two attached hydrogens (primary N) is 1. The van der Waals surface area contributed by atoms with E-state index in [0.717, 1.165) is 29.5 Å². The van der Waals surface area contributed by atoms with Crippen molar-refractivity contribution in [3.05, 3.63) is 63.7 Å². The lowest BCUT2D eigenvalue weighted by Crippen LogP contribution is -2.52. The van der Waals surface area contributed by atoms with Gasteiger partial charge in [-0.05, 0) is 66.8 Å². The molecular formula is C24H26ClN5O4. The fourth-order valence-electron chi connectivity index (χ4n) is 4.27. The minimum atomic E-state index is -0.655. The first-order valence-electron chi connectivity index (χ1n) is 11.1. The summed E-state index contributed by atoms with van der Waals surface area (Å²) >= 11 is 6.16. The molecule has 1 saturated heterocycles. The molecule has 0 saturated carbocycles. The number of carbonyl (C=O) groups excluding carboxylic acids is 4. The Bertz CT molecular complexity index is 1150. The molecule has 34 heavy (non-hydrogen) atoms. The Balaban J connectivity index is 1.36. The highest BCUT2D eigenvalue weighted by atomic mass is 35.5. The fraction of sp³-hybridized carbons (Fsp3) is 0.333. The van der Waals surface area contributed by atoms with Gasteiger partial charge in [-0.1, -0.05) is 23.7 Å². The summed E-state index contributed by atoms with van der Waals surface area (Å²) in [4.78, 5) is 50.3. The molecule has 0 spiro atoms. The molecule has 0 bridgehead atoms. The lowest BCUT2D eigenvalue weighted by Gasteiger charge is -2.29. The van der Waals surface area contributed by atoms with Crippen molar-refractivity contribution in [1.29, 1.82) is 0 Å². The molecule has 2 aliphatic heterocycles. The Morgan fingerprint density at radius 2 is 1.97 bits per heavy atom. The van der Waals surface area contributed by atoms with Crippen molar-refractivity contribution in [1.82, 2.24) is 15.5 Å². The van der Waals surface area contributed by atoms with E-state index in [9.17, 15) is 19.2 Å². The summed E-state index contributed by atoms with van der Waals surface area (Å²) in [5.74, 6) is -0.988. The molecule has 10 heteroatoms. The minimum absolute atomic E-state index is 0.210. The number of piperidine rings is 1. The van der Waals surface area contributed by atoms with E-state index in [2.05, 4.69) is 16.0 Å². The van der Waals surface area contributed by atoms with Gasteiger partial charge in [0.2, 0.25) is 11.8 Å². The van der Waals surface area contributed by atoms with E-state index in [4.69, 9.17) is 17.3 Å². The molecule has 2 aromatic carbocycles. The number of anilines is 1. The number of fused-ring (bicyclic) bond motifs is 1. The number of rotatable bonds is 7. The summed E-state index contributed by atoms with van der Waals surface area (Å²) in [6.45, 7) is 1.12. The predicted octanol–water partition coefficient (Wildman–Crippen LogP) is 2.31. The van der Waals surface area contributed by atoms with Crippen molar-refractivity contribution >= 4 is 41.0 Å². The maximum absolute atomic E-state index is 12.8. The van der Waals surface area contributed by atoms with Gasteiger partial charge in [-0.15, -0.1) is 0 Å². The number of aryl methyl sites for hydroxylation is 1. The van der Waals surface area contributed by atoms with Gasteiger partial charge < -0.3 is 21.3 Å². The third-order valence-electron chi connectivity index (χ3n) is 5.93. The zero-order valence-corrected chi connectivity index (χ0v) is 19.3. The van der Waals surface area contributed by atoms with Gasteiger partial charge >= 0.3 is 6.03 Å². The number of amides is 5. The summed E-state index contributed by atoms with van der Waals surface area (Å²) in [5.41, 5.74) is 9.29. The van der Waals surface area contributed by atoms with Crippen LogP contribution < -0.4 is 21.7 Å². The van der Waals surface area contributed by atoms with E-state index in [0.29, 0.717) is 29.2 Å². The number of imide groups is 1. The number of nitrogens with zero attached hydrogens (tertiary/aromatic N) is 1. The van der Waals surface area contributed by atoms with E-state index < -0.39 is 11.9 Å². The lowest BCUT2D eigenvalue weighted by molar-refractivity contribution is -0.136. The summed E-state index contributed by atoms with van der Waals surface area (Å²) in [5, 5.41) is 8.42. The first kappa shape index (κ1) is 23.7. The van der Waals surface area contributed by atoms with Crippen molar-refractivity contribution in [2.75, 3.05) is 11.9 Å². The molecule has 2 heterocycles. The third kappa shape index (κ3) is 5.37. The second-order valence-corrected chi connectivity index (χ2v) is 8.88. The maximum atomic E-state index is 12.8. The zero-order chi connectivity index (χ0) is 24.2. The van der Waals surface area contributed by atoms with E-state index in [1.807, 2.05) is 18.2 Å². The molecule has 2 aliphatic rings. The third-order valence-corrected chi connectivity index (χ3v) is 6.14. The van der Waals surface area contributed by atoms with Gasteiger partial charge in [-0.2, -0.15) is 0 Å². The van der Waals surface area contributed by atoms with E-state index in [1.165, 1.54) is 4.90 Å². The second kappa shape index (κ2) is 10.2. The number of hydrogen-bond acceptors (Lipinski definition) is 5. The molecule has 5 N–H and O–H groups in total. The Morgan fingerprint density at radius 3 is 2.74 bits per heavy atom. The van der Waals surface area contributed by atoms with E-state index in [1.54, 1.807) is 18.2 Å². The molecule has 2 aromatic rings. The lowest BCUT2D eigenvalue weighted by atomic mass is 10.0. The Morgan fingerprint density at radius 1 is 1.15 bits per heavy atom. The van der Waals surface area contributed by atoms with Gasteiger partial charge in [0.15, 0.2) is 0 Å². The van der Waals surface area contributed by atoms with Crippen LogP contribution in [0.1, 0.15) is 46.3 Å². The number of nitrogens with one attached hydrogen (secondary N) is 3. The maximum Gasteiger partial charge on any atom is 0.319 e. The standard InChI is InChI=1S/C24H26ClN5O4/c25-17-9-14(2-1-7-26)10-18(11-17)28-24(34)27-12-15-3-4-19-16(8-15)13-30(23(19)33)20-5-6-21(31)29-22(20)32/h3-4,8-11,20H,1-2,5-7,12-13,26H2,(H2,27,28,34)(H,29,31,32). The smallest absolute Gasteiger partial charge is 0.319 e. The summed E-state index contributed by atoms with van der Waals surface area (Å²) in [7, 11) is 0. The van der Waals surface area contributed by atoms with Crippen LogP contribution in [-0.2, 0) is 29.1 Å². The Kier molecular flexibility index (Phi) is 7.14. The number of carbonyl (C=O) groups is 4. The van der Waals surface area contributed by atoms with Crippen LogP contribution in [0.5, 0.6) is 0 Å². The van der Waals surface area contributed by atoms with Gasteiger partial charge in [0.25, 0.3) is 5.91 Å². The van der Waals surface area contributed by atoms with Crippen LogP contribution >= 0.6 is 11.6 Å². The molecular weight excluding hydrogens is 458 g/mol. The summed E-state index contributed by atoms with van der Waals surface area (Å²) in [6.07, 6.45) is 2.13. The highest BCUT2D eigenvalue weighted by Gasteiger charge is 2.39. The van der Waals surface area contributed by atoms with Crippen LogP contribution in [0.15, 0.2) is 36.4 Å². The first-order chi connectivity index (χ1) is 16.3. The molecule has 5 amide bonds. The molecule has 0 aliphatic carbocycles.